The minimum Gasteiger partial charge on any atom is -0.366 e. The number of anilines is 1. The molecule has 0 saturated carbocycles. The van der Waals surface area contributed by atoms with Crippen LogP contribution in [0.1, 0.15) is 0 Å². The van der Waals surface area contributed by atoms with Gasteiger partial charge in [-0.2, -0.15) is 0 Å². The Morgan fingerprint density at radius 1 is 1.08 bits per heavy atom. The molecule has 3 aliphatic rings. The molecule has 4 unspecified atom stereocenters. The first-order valence-electron chi connectivity index (χ1n) is 8.69. The number of nitrogens with one attached hydrogen (secondary N) is 1. The first-order chi connectivity index (χ1) is 12.3. The third kappa shape index (κ3) is 2.51. The average Bonchev–Trinajstić information content (AvgIpc) is 3.36. The summed E-state index contributed by atoms with van der Waals surface area (Å²) < 4.78 is 5.87. The fourth-order valence-electron chi connectivity index (χ4n) is 4.17. The number of hydrogen-bond acceptors (Lipinski definition) is 3. The Hall–Kier alpha value is -2.66. The third-order valence-corrected chi connectivity index (χ3v) is 5.43. The molecule has 1 aromatic carbocycles. The SMILES string of the molecule is O=C(Nc1ccnc(-c2ccccc2)c1)N1CC2C3C=CC(O3)C2C1. The van der Waals surface area contributed by atoms with Gasteiger partial charge in [-0.1, -0.05) is 42.5 Å². The number of pyridine rings is 1. The molecule has 2 aromatic rings. The Balaban J connectivity index is 1.29. The molecule has 25 heavy (non-hydrogen) atoms. The van der Waals surface area contributed by atoms with Crippen molar-refractivity contribution >= 4 is 11.7 Å². The van der Waals surface area contributed by atoms with Gasteiger partial charge in [0, 0.05) is 42.4 Å². The maximum atomic E-state index is 12.7. The van der Waals surface area contributed by atoms with E-state index >= 15 is 0 Å². The van der Waals surface area contributed by atoms with Gasteiger partial charge in [0.15, 0.2) is 0 Å². The Kier molecular flexibility index (Phi) is 3.35. The predicted octanol–water partition coefficient (Wildman–Crippen LogP) is 3.17. The number of fused-ring (bicyclic) bond motifs is 5. The van der Waals surface area contributed by atoms with E-state index in [-0.39, 0.29) is 18.2 Å². The Morgan fingerprint density at radius 2 is 1.80 bits per heavy atom. The Bertz CT molecular complexity index is 816. The van der Waals surface area contributed by atoms with E-state index < -0.39 is 0 Å². The van der Waals surface area contributed by atoms with Gasteiger partial charge < -0.3 is 15.0 Å². The van der Waals surface area contributed by atoms with Crippen molar-refractivity contribution in [1.82, 2.24) is 9.88 Å². The van der Waals surface area contributed by atoms with Crippen molar-refractivity contribution in [3.63, 3.8) is 0 Å². The lowest BCUT2D eigenvalue weighted by Gasteiger charge is -2.19. The zero-order valence-corrected chi connectivity index (χ0v) is 13.7. The highest BCUT2D eigenvalue weighted by molar-refractivity contribution is 5.90. The molecule has 2 fully saturated rings. The summed E-state index contributed by atoms with van der Waals surface area (Å²) in [6, 6.07) is 13.7. The molecule has 5 heteroatoms. The van der Waals surface area contributed by atoms with Crippen LogP contribution in [0.15, 0.2) is 60.8 Å². The van der Waals surface area contributed by atoms with Crippen LogP contribution in [0.5, 0.6) is 0 Å². The van der Waals surface area contributed by atoms with Gasteiger partial charge in [-0.25, -0.2) is 4.79 Å². The van der Waals surface area contributed by atoms with Gasteiger partial charge in [-0.05, 0) is 12.1 Å². The minimum atomic E-state index is -0.0426. The zero-order chi connectivity index (χ0) is 16.8. The number of ether oxygens (including phenoxy) is 1. The van der Waals surface area contributed by atoms with E-state index in [4.69, 9.17) is 4.74 Å². The van der Waals surface area contributed by atoms with Crippen LogP contribution in [0, 0.1) is 11.8 Å². The largest absolute Gasteiger partial charge is 0.366 e. The summed E-state index contributed by atoms with van der Waals surface area (Å²) in [4.78, 5) is 19.0. The summed E-state index contributed by atoms with van der Waals surface area (Å²) in [5.41, 5.74) is 2.66. The molecule has 2 saturated heterocycles. The first-order valence-corrected chi connectivity index (χ1v) is 8.69. The van der Waals surface area contributed by atoms with E-state index in [0.29, 0.717) is 11.8 Å². The summed E-state index contributed by atoms with van der Waals surface area (Å²) >= 11 is 0. The average molecular weight is 333 g/mol. The molecule has 3 aliphatic heterocycles. The molecule has 1 N–H and O–H groups in total. The van der Waals surface area contributed by atoms with E-state index in [0.717, 1.165) is 30.0 Å². The monoisotopic (exact) mass is 333 g/mol. The van der Waals surface area contributed by atoms with Gasteiger partial charge in [-0.15, -0.1) is 0 Å². The number of rotatable bonds is 2. The molecule has 4 heterocycles. The van der Waals surface area contributed by atoms with Gasteiger partial charge in [-0.3, -0.25) is 4.98 Å². The highest BCUT2D eigenvalue weighted by atomic mass is 16.5. The van der Waals surface area contributed by atoms with Crippen molar-refractivity contribution in [2.24, 2.45) is 11.8 Å². The number of carbonyl (C=O) groups is 1. The van der Waals surface area contributed by atoms with Crippen LogP contribution in [0.4, 0.5) is 10.5 Å². The van der Waals surface area contributed by atoms with Crippen LogP contribution >= 0.6 is 0 Å². The predicted molar refractivity (Wildman–Crippen MR) is 95.0 cm³/mol. The first kappa shape index (κ1) is 14.7. The molecule has 0 radical (unpaired) electrons. The number of benzene rings is 1. The lowest BCUT2D eigenvalue weighted by atomic mass is 9.86. The number of aromatic nitrogens is 1. The standard InChI is InChI=1S/C20H19N3O2/c24-20(23-11-15-16(12-23)19-7-6-18(15)25-19)22-14-8-9-21-17(10-14)13-4-2-1-3-5-13/h1-10,15-16,18-19H,11-12H2,(H,21,22,24). The second-order valence-corrected chi connectivity index (χ2v) is 6.91. The number of urea groups is 1. The maximum absolute atomic E-state index is 12.7. The topological polar surface area (TPSA) is 54.5 Å². The zero-order valence-electron chi connectivity index (χ0n) is 13.7. The molecule has 0 spiro atoms. The van der Waals surface area contributed by atoms with Crippen molar-refractivity contribution in [3.8, 4) is 11.3 Å². The van der Waals surface area contributed by atoms with Crippen molar-refractivity contribution in [3.05, 3.63) is 60.8 Å². The lowest BCUT2D eigenvalue weighted by molar-refractivity contribution is 0.0892. The van der Waals surface area contributed by atoms with Gasteiger partial charge in [0.05, 0.1) is 17.9 Å². The summed E-state index contributed by atoms with van der Waals surface area (Å²) in [6.07, 6.45) is 6.40. The molecular weight excluding hydrogens is 314 g/mol. The number of amides is 2. The van der Waals surface area contributed by atoms with Gasteiger partial charge in [0.2, 0.25) is 0 Å². The van der Waals surface area contributed by atoms with Gasteiger partial charge in [0.1, 0.15) is 0 Å². The third-order valence-electron chi connectivity index (χ3n) is 5.43. The molecule has 5 nitrogen and oxygen atoms in total. The molecule has 0 aliphatic carbocycles. The van der Waals surface area contributed by atoms with Crippen molar-refractivity contribution < 1.29 is 9.53 Å². The van der Waals surface area contributed by atoms with Crippen molar-refractivity contribution in [2.45, 2.75) is 12.2 Å². The van der Waals surface area contributed by atoms with Crippen molar-refractivity contribution in [1.29, 1.82) is 0 Å². The molecule has 2 amide bonds. The smallest absolute Gasteiger partial charge is 0.321 e. The highest BCUT2D eigenvalue weighted by Crippen LogP contribution is 2.43. The fraction of sp³-hybridized carbons (Fsp3) is 0.300. The van der Waals surface area contributed by atoms with E-state index in [1.807, 2.05) is 47.4 Å². The number of likely N-dealkylation sites (tertiary alicyclic amines) is 1. The van der Waals surface area contributed by atoms with Crippen LogP contribution in [-0.2, 0) is 4.74 Å². The van der Waals surface area contributed by atoms with E-state index in [9.17, 15) is 4.79 Å². The second-order valence-electron chi connectivity index (χ2n) is 6.91. The maximum Gasteiger partial charge on any atom is 0.321 e. The normalized spacial score (nSPS) is 29.0. The summed E-state index contributed by atoms with van der Waals surface area (Å²) in [6.45, 7) is 1.53. The van der Waals surface area contributed by atoms with Gasteiger partial charge >= 0.3 is 6.03 Å². The highest BCUT2D eigenvalue weighted by Gasteiger charge is 2.51. The Morgan fingerprint density at radius 3 is 2.52 bits per heavy atom. The molecule has 4 atom stereocenters. The second kappa shape index (κ2) is 5.70. The number of nitrogens with zero attached hydrogens (tertiary/aromatic N) is 2. The van der Waals surface area contributed by atoms with Crippen LogP contribution in [0.3, 0.4) is 0 Å². The van der Waals surface area contributed by atoms with E-state index in [1.165, 1.54) is 0 Å². The molecule has 126 valence electrons. The van der Waals surface area contributed by atoms with E-state index in [2.05, 4.69) is 22.5 Å². The number of hydrogen-bond donors (Lipinski definition) is 1. The van der Waals surface area contributed by atoms with Gasteiger partial charge in [0.25, 0.3) is 0 Å². The number of carbonyl (C=O) groups excluding carboxylic acids is 1. The Labute approximate surface area is 146 Å². The fourth-order valence-corrected chi connectivity index (χ4v) is 4.17. The minimum absolute atomic E-state index is 0.0426. The molecule has 5 rings (SSSR count). The van der Waals surface area contributed by atoms with Crippen LogP contribution in [0.25, 0.3) is 11.3 Å². The van der Waals surface area contributed by atoms with Crippen LogP contribution in [0.2, 0.25) is 0 Å². The van der Waals surface area contributed by atoms with Crippen LogP contribution in [-0.4, -0.2) is 41.2 Å². The molecular formula is C20H19N3O2. The van der Waals surface area contributed by atoms with Crippen LogP contribution < -0.4 is 5.32 Å². The van der Waals surface area contributed by atoms with Crippen molar-refractivity contribution in [2.75, 3.05) is 18.4 Å². The summed E-state index contributed by atoms with van der Waals surface area (Å²) in [5.74, 6) is 0.885. The lowest BCUT2D eigenvalue weighted by Crippen LogP contribution is -2.35. The molecule has 1 aromatic heterocycles. The van der Waals surface area contributed by atoms with E-state index in [1.54, 1.807) is 6.20 Å². The quantitative estimate of drug-likeness (QED) is 0.859. The molecule has 2 bridgehead atoms. The summed E-state index contributed by atoms with van der Waals surface area (Å²) in [7, 11) is 0. The summed E-state index contributed by atoms with van der Waals surface area (Å²) in [5, 5.41) is 3.02.